The first-order chi connectivity index (χ1) is 11.6. The largest absolute Gasteiger partial charge is 0.488 e. The quantitative estimate of drug-likeness (QED) is 0.751. The molecule has 1 amide bonds. The summed E-state index contributed by atoms with van der Waals surface area (Å²) >= 11 is 0. The summed E-state index contributed by atoms with van der Waals surface area (Å²) in [6.07, 6.45) is 1.03. The van der Waals surface area contributed by atoms with E-state index >= 15 is 0 Å². The second kappa shape index (κ2) is 10.7. The molecule has 0 aromatic heterocycles. The van der Waals surface area contributed by atoms with Gasteiger partial charge in [0.25, 0.3) is 0 Å². The number of benzene rings is 2. The molecular formula is C20H27ClN2O2. The molecule has 2 aromatic rings. The molecule has 5 heteroatoms. The molecule has 0 fully saturated rings. The van der Waals surface area contributed by atoms with Gasteiger partial charge in [0.05, 0.1) is 6.54 Å². The van der Waals surface area contributed by atoms with Gasteiger partial charge in [0.15, 0.2) is 0 Å². The Balaban J connectivity index is 0.00000312. The van der Waals surface area contributed by atoms with Gasteiger partial charge in [-0.1, -0.05) is 55.5 Å². The maximum absolute atomic E-state index is 12.1. The van der Waals surface area contributed by atoms with E-state index in [-0.39, 0.29) is 36.9 Å². The number of nitrogens with two attached hydrogens (primary N) is 1. The van der Waals surface area contributed by atoms with E-state index < -0.39 is 0 Å². The van der Waals surface area contributed by atoms with Crippen LogP contribution in [0, 0.1) is 6.92 Å². The van der Waals surface area contributed by atoms with Crippen LogP contribution in [-0.4, -0.2) is 18.6 Å². The summed E-state index contributed by atoms with van der Waals surface area (Å²) in [5, 5.41) is 2.93. The molecule has 0 spiro atoms. The van der Waals surface area contributed by atoms with E-state index in [4.69, 9.17) is 10.5 Å². The van der Waals surface area contributed by atoms with E-state index in [9.17, 15) is 4.79 Å². The standard InChI is InChI=1S/C20H26N2O2.ClH/c1-3-17(24-19-12-8-7-9-15(19)2)14-22-20(23)13-18(21)16-10-5-4-6-11-16;/h4-12,17-18H,3,13-14,21H2,1-2H3,(H,22,23);1H. The predicted octanol–water partition coefficient (Wildman–Crippen LogP) is 3.78. The van der Waals surface area contributed by atoms with Crippen LogP contribution in [0.25, 0.3) is 0 Å². The fraction of sp³-hybridized carbons (Fsp3) is 0.350. The Bertz CT molecular complexity index is 649. The van der Waals surface area contributed by atoms with Gasteiger partial charge >= 0.3 is 0 Å². The van der Waals surface area contributed by atoms with Gasteiger partial charge in [0.2, 0.25) is 5.91 Å². The summed E-state index contributed by atoms with van der Waals surface area (Å²) in [5.74, 6) is 0.803. The molecule has 136 valence electrons. The summed E-state index contributed by atoms with van der Waals surface area (Å²) < 4.78 is 5.99. The fourth-order valence-corrected chi connectivity index (χ4v) is 2.46. The minimum Gasteiger partial charge on any atom is -0.488 e. The van der Waals surface area contributed by atoms with Crippen molar-refractivity contribution in [3.05, 3.63) is 65.7 Å². The number of hydrogen-bond acceptors (Lipinski definition) is 3. The maximum atomic E-state index is 12.1. The Hall–Kier alpha value is -2.04. The van der Waals surface area contributed by atoms with Gasteiger partial charge in [0, 0.05) is 12.5 Å². The molecule has 3 N–H and O–H groups in total. The molecule has 0 aliphatic heterocycles. The lowest BCUT2D eigenvalue weighted by Crippen LogP contribution is -2.36. The van der Waals surface area contributed by atoms with Gasteiger partial charge in [-0.2, -0.15) is 0 Å². The van der Waals surface area contributed by atoms with Crippen LogP contribution in [0.4, 0.5) is 0 Å². The zero-order valence-corrected chi connectivity index (χ0v) is 15.6. The van der Waals surface area contributed by atoms with Crippen LogP contribution in [0.3, 0.4) is 0 Å². The summed E-state index contributed by atoms with van der Waals surface area (Å²) in [6, 6.07) is 17.3. The Labute approximate surface area is 156 Å². The predicted molar refractivity (Wildman–Crippen MR) is 104 cm³/mol. The van der Waals surface area contributed by atoms with Crippen molar-refractivity contribution < 1.29 is 9.53 Å². The van der Waals surface area contributed by atoms with E-state index in [0.717, 1.165) is 23.3 Å². The summed E-state index contributed by atoms with van der Waals surface area (Å²) in [7, 11) is 0. The molecular weight excluding hydrogens is 336 g/mol. The van der Waals surface area contributed by atoms with Crippen molar-refractivity contribution in [3.8, 4) is 5.75 Å². The molecule has 0 aliphatic carbocycles. The normalized spacial score (nSPS) is 12.6. The smallest absolute Gasteiger partial charge is 0.222 e. The number of halogens is 1. The third-order valence-corrected chi connectivity index (χ3v) is 4.00. The van der Waals surface area contributed by atoms with Crippen LogP contribution in [0.2, 0.25) is 0 Å². The lowest BCUT2D eigenvalue weighted by atomic mass is 10.0. The SMILES string of the molecule is CCC(CNC(=O)CC(N)c1ccccc1)Oc1ccccc1C.Cl. The Morgan fingerprint density at radius 2 is 1.76 bits per heavy atom. The van der Waals surface area contributed by atoms with Gasteiger partial charge in [-0.3, -0.25) is 4.79 Å². The van der Waals surface area contributed by atoms with E-state index in [1.807, 2.05) is 68.4 Å². The highest BCUT2D eigenvalue weighted by Gasteiger charge is 2.14. The Morgan fingerprint density at radius 1 is 1.12 bits per heavy atom. The molecule has 0 saturated heterocycles. The highest BCUT2D eigenvalue weighted by atomic mass is 35.5. The van der Waals surface area contributed by atoms with E-state index in [0.29, 0.717) is 6.54 Å². The highest BCUT2D eigenvalue weighted by molar-refractivity contribution is 5.85. The molecule has 4 nitrogen and oxygen atoms in total. The van der Waals surface area contributed by atoms with Crippen molar-refractivity contribution in [2.24, 2.45) is 5.73 Å². The van der Waals surface area contributed by atoms with Crippen LogP contribution < -0.4 is 15.8 Å². The maximum Gasteiger partial charge on any atom is 0.222 e. The fourth-order valence-electron chi connectivity index (χ4n) is 2.46. The molecule has 2 unspecified atom stereocenters. The lowest BCUT2D eigenvalue weighted by molar-refractivity contribution is -0.121. The molecule has 2 atom stereocenters. The number of nitrogens with one attached hydrogen (secondary N) is 1. The zero-order valence-electron chi connectivity index (χ0n) is 14.8. The molecule has 2 aromatic carbocycles. The number of hydrogen-bond donors (Lipinski definition) is 2. The van der Waals surface area contributed by atoms with Crippen LogP contribution in [-0.2, 0) is 4.79 Å². The lowest BCUT2D eigenvalue weighted by Gasteiger charge is -2.20. The van der Waals surface area contributed by atoms with Crippen molar-refractivity contribution in [1.82, 2.24) is 5.32 Å². The third-order valence-electron chi connectivity index (χ3n) is 4.00. The molecule has 0 heterocycles. The van der Waals surface area contributed by atoms with Crippen molar-refractivity contribution in [2.45, 2.75) is 38.8 Å². The molecule has 25 heavy (non-hydrogen) atoms. The molecule has 0 saturated carbocycles. The molecule has 0 aliphatic rings. The molecule has 0 radical (unpaired) electrons. The number of ether oxygens (including phenoxy) is 1. The zero-order chi connectivity index (χ0) is 17.4. The minimum atomic E-state index is -0.288. The first-order valence-corrected chi connectivity index (χ1v) is 8.39. The first kappa shape index (κ1) is 21.0. The Morgan fingerprint density at radius 3 is 2.40 bits per heavy atom. The van der Waals surface area contributed by atoms with Gasteiger partial charge in [-0.25, -0.2) is 0 Å². The minimum absolute atomic E-state index is 0. The van der Waals surface area contributed by atoms with Crippen molar-refractivity contribution in [2.75, 3.05) is 6.54 Å². The number of amides is 1. The third kappa shape index (κ3) is 6.77. The van der Waals surface area contributed by atoms with Crippen molar-refractivity contribution in [3.63, 3.8) is 0 Å². The number of rotatable bonds is 8. The number of carbonyl (C=O) groups excluding carboxylic acids is 1. The van der Waals surface area contributed by atoms with Crippen LogP contribution >= 0.6 is 12.4 Å². The van der Waals surface area contributed by atoms with Crippen molar-refractivity contribution >= 4 is 18.3 Å². The Kier molecular flexibility index (Phi) is 9.03. The second-order valence-electron chi connectivity index (χ2n) is 5.94. The van der Waals surface area contributed by atoms with Gasteiger partial charge in [-0.15, -0.1) is 12.4 Å². The van der Waals surface area contributed by atoms with Crippen LogP contribution in [0.5, 0.6) is 5.75 Å². The number of aryl methyl sites for hydroxylation is 1. The summed E-state index contributed by atoms with van der Waals surface area (Å²) in [6.45, 7) is 4.54. The van der Waals surface area contributed by atoms with Gasteiger partial charge in [0.1, 0.15) is 11.9 Å². The van der Waals surface area contributed by atoms with Crippen molar-refractivity contribution in [1.29, 1.82) is 0 Å². The monoisotopic (exact) mass is 362 g/mol. The molecule has 0 bridgehead atoms. The first-order valence-electron chi connectivity index (χ1n) is 8.39. The van der Waals surface area contributed by atoms with E-state index in [1.165, 1.54) is 0 Å². The number of carbonyl (C=O) groups is 1. The second-order valence-corrected chi connectivity index (χ2v) is 5.94. The van der Waals surface area contributed by atoms with E-state index in [2.05, 4.69) is 5.32 Å². The number of para-hydroxylation sites is 1. The average Bonchev–Trinajstić information content (AvgIpc) is 2.60. The van der Waals surface area contributed by atoms with Crippen LogP contribution in [0.1, 0.15) is 36.9 Å². The van der Waals surface area contributed by atoms with Crippen LogP contribution in [0.15, 0.2) is 54.6 Å². The van der Waals surface area contributed by atoms with Gasteiger partial charge in [-0.05, 0) is 30.5 Å². The highest BCUT2D eigenvalue weighted by Crippen LogP contribution is 2.18. The summed E-state index contributed by atoms with van der Waals surface area (Å²) in [5.41, 5.74) is 8.15. The molecule has 2 rings (SSSR count). The van der Waals surface area contributed by atoms with E-state index in [1.54, 1.807) is 0 Å². The van der Waals surface area contributed by atoms with Gasteiger partial charge < -0.3 is 15.8 Å². The average molecular weight is 363 g/mol. The topological polar surface area (TPSA) is 64.4 Å². The summed E-state index contributed by atoms with van der Waals surface area (Å²) in [4.78, 5) is 12.1.